The standard InChI is InChI=1S/C17H25NO5/c1-17(2,3)23-15(20)8-6-4-5-7-11-18-12-13(16(21)22)9-10-14(18)19/h9-10,12H,4-8,11H2,1-3H3,(H,21,22). The first kappa shape index (κ1) is 18.9. The monoisotopic (exact) mass is 323 g/mol. The first-order valence-electron chi connectivity index (χ1n) is 7.85. The van der Waals surface area contributed by atoms with Crippen LogP contribution in [-0.2, 0) is 16.1 Å². The van der Waals surface area contributed by atoms with Crippen LogP contribution in [0, 0.1) is 0 Å². The van der Waals surface area contributed by atoms with E-state index >= 15 is 0 Å². The van der Waals surface area contributed by atoms with Gasteiger partial charge in [-0.3, -0.25) is 9.59 Å². The van der Waals surface area contributed by atoms with Crippen molar-refractivity contribution < 1.29 is 19.4 Å². The van der Waals surface area contributed by atoms with Gasteiger partial charge in [-0.2, -0.15) is 0 Å². The summed E-state index contributed by atoms with van der Waals surface area (Å²) in [4.78, 5) is 34.1. The van der Waals surface area contributed by atoms with Crippen molar-refractivity contribution in [2.45, 2.75) is 65.0 Å². The van der Waals surface area contributed by atoms with Crippen molar-refractivity contribution in [3.8, 4) is 0 Å². The molecule has 0 atom stereocenters. The number of pyridine rings is 1. The molecule has 0 saturated heterocycles. The molecule has 1 aromatic rings. The molecule has 0 unspecified atom stereocenters. The number of hydrogen-bond donors (Lipinski definition) is 1. The van der Waals surface area contributed by atoms with E-state index in [4.69, 9.17) is 9.84 Å². The Balaban J connectivity index is 2.28. The van der Waals surface area contributed by atoms with Crippen molar-refractivity contribution in [2.75, 3.05) is 0 Å². The van der Waals surface area contributed by atoms with E-state index in [1.165, 1.54) is 22.9 Å². The predicted octanol–water partition coefficient (Wildman–Crippen LogP) is 2.84. The molecule has 1 N–H and O–H groups in total. The first-order valence-corrected chi connectivity index (χ1v) is 7.85. The molecule has 0 fully saturated rings. The number of ether oxygens (including phenoxy) is 1. The van der Waals surface area contributed by atoms with E-state index in [0.717, 1.165) is 25.7 Å². The maximum absolute atomic E-state index is 11.6. The fraction of sp³-hybridized carbons (Fsp3) is 0.588. The van der Waals surface area contributed by atoms with Crippen LogP contribution < -0.4 is 5.56 Å². The minimum absolute atomic E-state index is 0.106. The summed E-state index contributed by atoms with van der Waals surface area (Å²) < 4.78 is 6.64. The lowest BCUT2D eigenvalue weighted by Gasteiger charge is -2.19. The third-order valence-corrected chi connectivity index (χ3v) is 3.18. The highest BCUT2D eigenvalue weighted by molar-refractivity contribution is 5.87. The van der Waals surface area contributed by atoms with Gasteiger partial charge in [0.05, 0.1) is 5.56 Å². The first-order chi connectivity index (χ1) is 10.7. The highest BCUT2D eigenvalue weighted by Crippen LogP contribution is 2.11. The molecule has 1 aromatic heterocycles. The van der Waals surface area contributed by atoms with Gasteiger partial charge in [-0.15, -0.1) is 0 Å². The van der Waals surface area contributed by atoms with E-state index in [0.29, 0.717) is 13.0 Å². The van der Waals surface area contributed by atoms with E-state index in [-0.39, 0.29) is 17.1 Å². The van der Waals surface area contributed by atoms with Crippen LogP contribution >= 0.6 is 0 Å². The van der Waals surface area contributed by atoms with Crippen LogP contribution in [0.25, 0.3) is 0 Å². The molecule has 0 aliphatic rings. The zero-order chi connectivity index (χ0) is 17.5. The lowest BCUT2D eigenvalue weighted by atomic mass is 10.1. The van der Waals surface area contributed by atoms with Crippen LogP contribution in [0.5, 0.6) is 0 Å². The smallest absolute Gasteiger partial charge is 0.337 e. The summed E-state index contributed by atoms with van der Waals surface area (Å²) in [5.74, 6) is -1.24. The minimum Gasteiger partial charge on any atom is -0.478 e. The number of carboxylic acids is 1. The number of carbonyl (C=O) groups is 2. The van der Waals surface area contributed by atoms with Gasteiger partial charge < -0.3 is 14.4 Å². The van der Waals surface area contributed by atoms with Crippen LogP contribution in [0.4, 0.5) is 0 Å². The molecule has 1 heterocycles. The Morgan fingerprint density at radius 3 is 2.39 bits per heavy atom. The van der Waals surface area contributed by atoms with Gasteiger partial charge in [0.2, 0.25) is 0 Å². The third kappa shape index (κ3) is 7.63. The number of carbonyl (C=O) groups excluding carboxylic acids is 1. The zero-order valence-electron chi connectivity index (χ0n) is 14.0. The number of aromatic carboxylic acids is 1. The second-order valence-electron chi connectivity index (χ2n) is 6.51. The van der Waals surface area contributed by atoms with Crippen LogP contribution in [0.2, 0.25) is 0 Å². The second-order valence-corrected chi connectivity index (χ2v) is 6.51. The van der Waals surface area contributed by atoms with Crippen molar-refractivity contribution in [1.29, 1.82) is 0 Å². The lowest BCUT2D eigenvalue weighted by Crippen LogP contribution is -2.23. The van der Waals surface area contributed by atoms with Gasteiger partial charge in [0, 0.05) is 25.2 Å². The fourth-order valence-corrected chi connectivity index (χ4v) is 2.13. The molecule has 0 aromatic carbocycles. The van der Waals surface area contributed by atoms with Crippen LogP contribution in [0.15, 0.2) is 23.1 Å². The molecule has 0 spiro atoms. The summed E-state index contributed by atoms with van der Waals surface area (Å²) in [6.45, 7) is 6.00. The van der Waals surface area contributed by atoms with Crippen molar-refractivity contribution in [3.63, 3.8) is 0 Å². The summed E-state index contributed by atoms with van der Waals surface area (Å²) in [7, 11) is 0. The number of hydrogen-bond acceptors (Lipinski definition) is 4. The highest BCUT2D eigenvalue weighted by atomic mass is 16.6. The number of rotatable bonds is 8. The molecule has 0 aliphatic heterocycles. The molecule has 6 nitrogen and oxygen atoms in total. The van der Waals surface area contributed by atoms with Gasteiger partial charge in [-0.25, -0.2) is 4.79 Å². The topological polar surface area (TPSA) is 85.6 Å². The van der Waals surface area contributed by atoms with Crippen LogP contribution in [0.3, 0.4) is 0 Å². The third-order valence-electron chi connectivity index (χ3n) is 3.18. The summed E-state index contributed by atoms with van der Waals surface area (Å²) in [5.41, 5.74) is -0.550. The Labute approximate surface area is 136 Å². The van der Waals surface area contributed by atoms with Gasteiger partial charge in [0.15, 0.2) is 0 Å². The fourth-order valence-electron chi connectivity index (χ4n) is 2.13. The van der Waals surface area contributed by atoms with Gasteiger partial charge in [-0.1, -0.05) is 12.8 Å². The molecular weight excluding hydrogens is 298 g/mol. The Morgan fingerprint density at radius 2 is 1.78 bits per heavy atom. The lowest BCUT2D eigenvalue weighted by molar-refractivity contribution is -0.154. The molecule has 128 valence electrons. The molecule has 1 rings (SSSR count). The normalized spacial score (nSPS) is 11.3. The zero-order valence-corrected chi connectivity index (χ0v) is 14.0. The highest BCUT2D eigenvalue weighted by Gasteiger charge is 2.15. The van der Waals surface area contributed by atoms with E-state index in [1.54, 1.807) is 0 Å². The summed E-state index contributed by atoms with van der Waals surface area (Å²) >= 11 is 0. The van der Waals surface area contributed by atoms with E-state index in [9.17, 15) is 14.4 Å². The molecular formula is C17H25NO5. The van der Waals surface area contributed by atoms with Crippen molar-refractivity contribution >= 4 is 11.9 Å². The number of esters is 1. The Hall–Kier alpha value is -2.11. The Kier molecular flexibility index (Phi) is 7.00. The van der Waals surface area contributed by atoms with Gasteiger partial charge in [0.25, 0.3) is 5.56 Å². The second kappa shape index (κ2) is 8.50. The molecule has 0 aliphatic carbocycles. The molecule has 0 saturated carbocycles. The Bertz CT molecular complexity index is 598. The maximum Gasteiger partial charge on any atom is 0.337 e. The average molecular weight is 323 g/mol. The van der Waals surface area contributed by atoms with E-state index in [2.05, 4.69) is 0 Å². The van der Waals surface area contributed by atoms with Gasteiger partial charge in [0.1, 0.15) is 5.60 Å². The number of unbranched alkanes of at least 4 members (excludes halogenated alkanes) is 3. The van der Waals surface area contributed by atoms with Crippen molar-refractivity contribution in [1.82, 2.24) is 4.57 Å². The van der Waals surface area contributed by atoms with E-state index < -0.39 is 11.6 Å². The van der Waals surface area contributed by atoms with Gasteiger partial charge >= 0.3 is 11.9 Å². The summed E-state index contributed by atoms with van der Waals surface area (Å²) in [5, 5.41) is 8.92. The van der Waals surface area contributed by atoms with Gasteiger partial charge in [-0.05, 0) is 39.7 Å². The van der Waals surface area contributed by atoms with E-state index in [1.807, 2.05) is 20.8 Å². The largest absolute Gasteiger partial charge is 0.478 e. The van der Waals surface area contributed by atoms with Crippen molar-refractivity contribution in [3.05, 3.63) is 34.2 Å². The van der Waals surface area contributed by atoms with Crippen LogP contribution in [0.1, 0.15) is 63.2 Å². The van der Waals surface area contributed by atoms with Crippen molar-refractivity contribution in [2.24, 2.45) is 0 Å². The molecule has 0 amide bonds. The summed E-state index contributed by atoms with van der Waals surface area (Å²) in [6, 6.07) is 2.58. The molecule has 0 radical (unpaired) electrons. The predicted molar refractivity (Wildman–Crippen MR) is 86.6 cm³/mol. The SMILES string of the molecule is CC(C)(C)OC(=O)CCCCCCn1cc(C(=O)O)ccc1=O. The average Bonchev–Trinajstić information content (AvgIpc) is 2.42. The molecule has 0 bridgehead atoms. The number of carboxylic acid groups (broad SMARTS) is 1. The Morgan fingerprint density at radius 1 is 1.13 bits per heavy atom. The molecule has 6 heteroatoms. The number of aromatic nitrogens is 1. The number of nitrogens with zero attached hydrogens (tertiary/aromatic N) is 1. The summed E-state index contributed by atoms with van der Waals surface area (Å²) in [6.07, 6.45) is 5.01. The number of aryl methyl sites for hydroxylation is 1. The quantitative estimate of drug-likeness (QED) is 0.587. The maximum atomic E-state index is 11.6. The molecule has 23 heavy (non-hydrogen) atoms. The minimum atomic E-state index is -1.05. The van der Waals surface area contributed by atoms with Crippen LogP contribution in [-0.4, -0.2) is 27.2 Å².